The summed E-state index contributed by atoms with van der Waals surface area (Å²) in [6.45, 7) is 6.51. The molecule has 0 amide bonds. The number of carbonyl (C=O) groups is 1. The van der Waals surface area contributed by atoms with Crippen LogP contribution in [0.4, 0.5) is 0 Å². The van der Waals surface area contributed by atoms with Crippen molar-refractivity contribution in [1.29, 1.82) is 0 Å². The number of esters is 1. The van der Waals surface area contributed by atoms with E-state index in [-0.39, 0.29) is 12.2 Å². The van der Waals surface area contributed by atoms with Gasteiger partial charge in [0.1, 0.15) is 12.4 Å². The summed E-state index contributed by atoms with van der Waals surface area (Å²) < 4.78 is 24.6. The van der Waals surface area contributed by atoms with Crippen LogP contribution in [-0.2, 0) is 16.1 Å². The largest absolute Gasteiger partial charge is 0.497 e. The third kappa shape index (κ3) is 6.01. The monoisotopic (exact) mass is 584 g/mol. The van der Waals surface area contributed by atoms with E-state index in [2.05, 4.69) is 4.99 Å². The number of allylic oxidation sites excluding steroid dienone is 1. The van der Waals surface area contributed by atoms with Crippen LogP contribution in [0.15, 0.2) is 93.9 Å². The van der Waals surface area contributed by atoms with Crippen LogP contribution in [0.25, 0.3) is 6.08 Å². The van der Waals surface area contributed by atoms with Crippen LogP contribution in [0.1, 0.15) is 43.5 Å². The predicted molar refractivity (Wildman–Crippen MR) is 162 cm³/mol. The molecule has 8 nitrogen and oxygen atoms in total. The van der Waals surface area contributed by atoms with Crippen molar-refractivity contribution in [3.8, 4) is 17.2 Å². The van der Waals surface area contributed by atoms with Gasteiger partial charge in [-0.1, -0.05) is 59.9 Å². The van der Waals surface area contributed by atoms with E-state index in [4.69, 9.17) is 18.9 Å². The minimum absolute atomic E-state index is 0.211. The first-order chi connectivity index (χ1) is 20.4. The highest BCUT2D eigenvalue weighted by atomic mass is 32.1. The van der Waals surface area contributed by atoms with Gasteiger partial charge in [0.05, 0.1) is 42.2 Å². The van der Waals surface area contributed by atoms with E-state index in [1.54, 1.807) is 37.7 Å². The van der Waals surface area contributed by atoms with E-state index in [0.717, 1.165) is 16.7 Å². The van der Waals surface area contributed by atoms with Crippen LogP contribution in [-0.4, -0.2) is 30.9 Å². The minimum atomic E-state index is -0.693. The first-order valence-corrected chi connectivity index (χ1v) is 14.5. The zero-order valence-corrected chi connectivity index (χ0v) is 24.8. The molecule has 42 heavy (non-hydrogen) atoms. The number of ether oxygens (including phenoxy) is 4. The second kappa shape index (κ2) is 12.9. The maximum Gasteiger partial charge on any atom is 0.338 e. The highest BCUT2D eigenvalue weighted by molar-refractivity contribution is 7.07. The number of carbonyl (C=O) groups excluding carboxylic acids is 1. The first-order valence-electron chi connectivity index (χ1n) is 13.7. The second-order valence-corrected chi connectivity index (χ2v) is 10.5. The number of methoxy groups -OCH3 is 1. The Morgan fingerprint density at radius 1 is 0.976 bits per heavy atom. The molecule has 4 aromatic rings. The van der Waals surface area contributed by atoms with E-state index in [9.17, 15) is 9.59 Å². The second-order valence-electron chi connectivity index (χ2n) is 9.49. The molecule has 0 unspecified atom stereocenters. The number of hydrogen-bond acceptors (Lipinski definition) is 8. The first kappa shape index (κ1) is 28.9. The van der Waals surface area contributed by atoms with Crippen LogP contribution in [0.2, 0.25) is 0 Å². The fraction of sp³-hybridized carbons (Fsp3) is 0.242. The van der Waals surface area contributed by atoms with Gasteiger partial charge in [-0.2, -0.15) is 0 Å². The number of aromatic nitrogens is 1. The highest BCUT2D eigenvalue weighted by Gasteiger charge is 2.33. The van der Waals surface area contributed by atoms with Crippen LogP contribution in [0.5, 0.6) is 17.2 Å². The highest BCUT2D eigenvalue weighted by Crippen LogP contribution is 2.32. The average molecular weight is 585 g/mol. The van der Waals surface area contributed by atoms with Gasteiger partial charge in [0.25, 0.3) is 5.56 Å². The molecular formula is C33H32N2O6S. The van der Waals surface area contributed by atoms with Gasteiger partial charge in [0, 0.05) is 0 Å². The molecule has 0 aliphatic carbocycles. The van der Waals surface area contributed by atoms with E-state index < -0.39 is 12.0 Å². The molecule has 9 heteroatoms. The molecule has 0 saturated heterocycles. The predicted octanol–water partition coefficient (Wildman–Crippen LogP) is 4.78. The Morgan fingerprint density at radius 3 is 2.43 bits per heavy atom. The van der Waals surface area contributed by atoms with Crippen molar-refractivity contribution in [3.63, 3.8) is 0 Å². The van der Waals surface area contributed by atoms with Gasteiger partial charge in [0.15, 0.2) is 16.3 Å². The molecule has 0 saturated carbocycles. The van der Waals surface area contributed by atoms with E-state index in [1.165, 1.54) is 11.3 Å². The number of nitrogens with zero attached hydrogens (tertiary/aromatic N) is 2. The molecule has 0 bridgehead atoms. The smallest absolute Gasteiger partial charge is 0.338 e. The summed E-state index contributed by atoms with van der Waals surface area (Å²) in [6, 6.07) is 22.1. The summed E-state index contributed by atoms with van der Waals surface area (Å²) in [6.07, 6.45) is 1.81. The van der Waals surface area contributed by atoms with Gasteiger partial charge in [-0.3, -0.25) is 9.36 Å². The fourth-order valence-corrected chi connectivity index (χ4v) is 5.83. The fourth-order valence-electron chi connectivity index (χ4n) is 4.78. The average Bonchev–Trinajstić information content (AvgIpc) is 3.30. The normalized spacial score (nSPS) is 14.7. The van der Waals surface area contributed by atoms with Crippen LogP contribution >= 0.6 is 11.3 Å². The summed E-state index contributed by atoms with van der Waals surface area (Å²) in [4.78, 5) is 32.2. The molecular weight excluding hydrogens is 552 g/mol. The molecule has 5 rings (SSSR count). The van der Waals surface area contributed by atoms with Gasteiger partial charge < -0.3 is 18.9 Å². The Balaban J connectivity index is 1.56. The lowest BCUT2D eigenvalue weighted by atomic mass is 9.96. The third-order valence-corrected chi connectivity index (χ3v) is 7.73. The van der Waals surface area contributed by atoms with Crippen molar-refractivity contribution in [2.45, 2.75) is 33.4 Å². The Morgan fingerprint density at radius 2 is 1.74 bits per heavy atom. The molecule has 1 aliphatic rings. The third-order valence-electron chi connectivity index (χ3n) is 6.75. The zero-order chi connectivity index (χ0) is 29.6. The van der Waals surface area contributed by atoms with Crippen molar-refractivity contribution in [2.75, 3.05) is 20.3 Å². The number of thiazole rings is 1. The molecule has 0 spiro atoms. The zero-order valence-electron chi connectivity index (χ0n) is 24.0. The summed E-state index contributed by atoms with van der Waals surface area (Å²) in [5, 5.41) is 0. The van der Waals surface area contributed by atoms with Crippen LogP contribution in [0, 0.1) is 0 Å². The van der Waals surface area contributed by atoms with E-state index in [1.807, 2.05) is 73.7 Å². The van der Waals surface area contributed by atoms with Gasteiger partial charge in [0.2, 0.25) is 0 Å². The minimum Gasteiger partial charge on any atom is -0.497 e. The van der Waals surface area contributed by atoms with Crippen LogP contribution in [0.3, 0.4) is 0 Å². The van der Waals surface area contributed by atoms with Crippen molar-refractivity contribution in [1.82, 2.24) is 4.57 Å². The molecule has 0 fully saturated rings. The van der Waals surface area contributed by atoms with Gasteiger partial charge in [-0.15, -0.1) is 0 Å². The summed E-state index contributed by atoms with van der Waals surface area (Å²) in [7, 11) is 1.59. The molecule has 1 atom stereocenters. The number of hydrogen-bond donors (Lipinski definition) is 0. The van der Waals surface area contributed by atoms with Gasteiger partial charge >= 0.3 is 5.97 Å². The topological polar surface area (TPSA) is 88.4 Å². The molecule has 216 valence electrons. The molecule has 1 aliphatic heterocycles. The van der Waals surface area contributed by atoms with E-state index in [0.29, 0.717) is 51.1 Å². The van der Waals surface area contributed by atoms with Gasteiger partial charge in [-0.05, 0) is 67.8 Å². The number of fused-ring (bicyclic) bond motifs is 1. The van der Waals surface area contributed by atoms with Crippen molar-refractivity contribution < 1.29 is 23.7 Å². The van der Waals surface area contributed by atoms with E-state index >= 15 is 0 Å². The summed E-state index contributed by atoms with van der Waals surface area (Å²) >= 11 is 1.27. The SMILES string of the molecule is CCOC(=O)C1=C(C)N=c2s/c(=C\c3ccc(OCc4ccccc4)c(OCC)c3)c(=O)n2[C@@H]1c1ccc(OC)cc1. The summed E-state index contributed by atoms with van der Waals surface area (Å²) in [5.41, 5.74) is 3.17. The standard InChI is InChI=1S/C33H32N2O6S/c1-5-39-27-18-23(12-17-26(27)41-20-22-10-8-7-9-11-22)19-28-31(36)35-30(24-13-15-25(38-4)16-14-24)29(32(37)40-6-2)21(3)34-33(35)42-28/h7-19,30H,5-6,20H2,1-4H3/b28-19-/t30-/m1/s1. The maximum atomic E-state index is 13.9. The molecule has 1 aromatic heterocycles. The Kier molecular flexibility index (Phi) is 8.88. The van der Waals surface area contributed by atoms with Crippen molar-refractivity contribution >= 4 is 23.4 Å². The Labute approximate surface area is 247 Å². The van der Waals surface area contributed by atoms with Crippen LogP contribution < -0.4 is 29.1 Å². The Bertz CT molecular complexity index is 1790. The number of benzene rings is 3. The van der Waals surface area contributed by atoms with Crippen molar-refractivity contribution in [3.05, 3.63) is 120 Å². The van der Waals surface area contributed by atoms with Gasteiger partial charge in [-0.25, -0.2) is 9.79 Å². The lowest BCUT2D eigenvalue weighted by Gasteiger charge is -2.24. The molecule has 2 heterocycles. The summed E-state index contributed by atoms with van der Waals surface area (Å²) in [5.74, 6) is 1.38. The quantitative estimate of drug-likeness (QED) is 0.249. The maximum absolute atomic E-state index is 13.9. The molecule has 0 radical (unpaired) electrons. The lowest BCUT2D eigenvalue weighted by Crippen LogP contribution is -2.39. The molecule has 3 aromatic carbocycles. The Hall–Kier alpha value is -4.63. The van der Waals surface area contributed by atoms with Crippen molar-refractivity contribution in [2.24, 2.45) is 4.99 Å². The molecule has 0 N–H and O–H groups in total. The number of rotatable bonds is 10. The lowest BCUT2D eigenvalue weighted by molar-refractivity contribution is -0.139.